The van der Waals surface area contributed by atoms with Crippen molar-refractivity contribution in [1.29, 1.82) is 5.26 Å². The number of nitrogens with two attached hydrogens (primary N) is 1. The van der Waals surface area contributed by atoms with Gasteiger partial charge in [0, 0.05) is 5.69 Å². The number of hydrogen-bond acceptors (Lipinski definition) is 4. The number of rotatable bonds is 4. The van der Waals surface area contributed by atoms with Crippen LogP contribution in [-0.4, -0.2) is 17.1 Å². The highest BCUT2D eigenvalue weighted by Crippen LogP contribution is 2.13. The molecule has 0 fully saturated rings. The van der Waals surface area contributed by atoms with Gasteiger partial charge in [0.1, 0.15) is 5.75 Å². The topological polar surface area (TPSA) is 99.1 Å². The SMILES string of the molecule is N#Cc1cccc(NC(=O)[C@@H](N)Cc2ccc(O)cc2)c1. The molecule has 2 aromatic rings. The number of anilines is 1. The van der Waals surface area contributed by atoms with Crippen molar-refractivity contribution in [1.82, 2.24) is 0 Å². The van der Waals surface area contributed by atoms with E-state index in [1.807, 2.05) is 6.07 Å². The second-order valence-electron chi connectivity index (χ2n) is 4.66. The Labute approximate surface area is 122 Å². The molecule has 106 valence electrons. The zero-order chi connectivity index (χ0) is 15.2. The van der Waals surface area contributed by atoms with Gasteiger partial charge in [0.2, 0.25) is 5.91 Å². The highest BCUT2D eigenvalue weighted by molar-refractivity contribution is 5.95. The van der Waals surface area contributed by atoms with E-state index in [9.17, 15) is 9.90 Å². The number of phenols is 1. The Morgan fingerprint density at radius 2 is 2.00 bits per heavy atom. The van der Waals surface area contributed by atoms with Crippen molar-refractivity contribution in [2.45, 2.75) is 12.5 Å². The van der Waals surface area contributed by atoms with E-state index in [0.29, 0.717) is 17.7 Å². The number of amides is 1. The first kappa shape index (κ1) is 14.6. The fourth-order valence-electron chi connectivity index (χ4n) is 1.88. The molecule has 0 unspecified atom stereocenters. The van der Waals surface area contributed by atoms with E-state index in [4.69, 9.17) is 11.0 Å². The van der Waals surface area contributed by atoms with E-state index in [1.54, 1.807) is 48.5 Å². The molecule has 0 aliphatic rings. The van der Waals surface area contributed by atoms with E-state index in [0.717, 1.165) is 5.56 Å². The molecule has 0 radical (unpaired) electrons. The summed E-state index contributed by atoms with van der Waals surface area (Å²) < 4.78 is 0. The number of benzene rings is 2. The summed E-state index contributed by atoms with van der Waals surface area (Å²) in [5.41, 5.74) is 7.74. The van der Waals surface area contributed by atoms with E-state index >= 15 is 0 Å². The number of carbonyl (C=O) groups is 1. The minimum Gasteiger partial charge on any atom is -0.508 e. The minimum atomic E-state index is -0.708. The molecular weight excluding hydrogens is 266 g/mol. The molecule has 2 rings (SSSR count). The average molecular weight is 281 g/mol. The molecule has 0 spiro atoms. The minimum absolute atomic E-state index is 0.171. The van der Waals surface area contributed by atoms with Crippen LogP contribution >= 0.6 is 0 Å². The summed E-state index contributed by atoms with van der Waals surface area (Å²) in [5, 5.41) is 20.7. The monoisotopic (exact) mass is 281 g/mol. The van der Waals surface area contributed by atoms with Crippen LogP contribution in [0, 0.1) is 11.3 Å². The van der Waals surface area contributed by atoms with Crippen LogP contribution in [0.4, 0.5) is 5.69 Å². The first-order valence-electron chi connectivity index (χ1n) is 6.43. The molecule has 2 aromatic carbocycles. The Morgan fingerprint density at radius 1 is 1.29 bits per heavy atom. The number of nitrogens with one attached hydrogen (secondary N) is 1. The van der Waals surface area contributed by atoms with Gasteiger partial charge in [-0.1, -0.05) is 18.2 Å². The third kappa shape index (κ3) is 4.06. The molecule has 0 saturated carbocycles. The summed E-state index contributed by atoms with van der Waals surface area (Å²) in [5.74, 6) is -0.150. The van der Waals surface area contributed by atoms with Gasteiger partial charge in [-0.3, -0.25) is 4.79 Å². The zero-order valence-electron chi connectivity index (χ0n) is 11.3. The van der Waals surface area contributed by atoms with E-state index in [-0.39, 0.29) is 11.7 Å². The summed E-state index contributed by atoms with van der Waals surface area (Å²) in [6, 6.07) is 14.5. The first-order chi connectivity index (χ1) is 10.1. The summed E-state index contributed by atoms with van der Waals surface area (Å²) >= 11 is 0. The summed E-state index contributed by atoms with van der Waals surface area (Å²) in [4.78, 5) is 12.0. The predicted molar refractivity (Wildman–Crippen MR) is 79.6 cm³/mol. The second-order valence-corrected chi connectivity index (χ2v) is 4.66. The maximum Gasteiger partial charge on any atom is 0.241 e. The van der Waals surface area contributed by atoms with E-state index in [2.05, 4.69) is 5.32 Å². The summed E-state index contributed by atoms with van der Waals surface area (Å²) in [6.07, 6.45) is 0.365. The van der Waals surface area contributed by atoms with Crippen LogP contribution in [0.15, 0.2) is 48.5 Å². The Kier molecular flexibility index (Phi) is 4.54. The normalized spacial score (nSPS) is 11.4. The molecule has 0 saturated heterocycles. The summed E-state index contributed by atoms with van der Waals surface area (Å²) in [6.45, 7) is 0. The zero-order valence-corrected chi connectivity index (χ0v) is 11.3. The van der Waals surface area contributed by atoms with Gasteiger partial charge >= 0.3 is 0 Å². The molecule has 0 heterocycles. The van der Waals surface area contributed by atoms with Crippen LogP contribution < -0.4 is 11.1 Å². The van der Waals surface area contributed by atoms with Crippen molar-refractivity contribution in [3.63, 3.8) is 0 Å². The van der Waals surface area contributed by atoms with Gasteiger partial charge in [-0.05, 0) is 42.3 Å². The molecule has 0 bridgehead atoms. The molecule has 0 aliphatic heterocycles. The molecule has 5 heteroatoms. The number of carbonyl (C=O) groups excluding carboxylic acids is 1. The van der Waals surface area contributed by atoms with Crippen molar-refractivity contribution in [2.24, 2.45) is 5.73 Å². The Morgan fingerprint density at radius 3 is 2.67 bits per heavy atom. The van der Waals surface area contributed by atoms with Crippen molar-refractivity contribution in [3.05, 3.63) is 59.7 Å². The first-order valence-corrected chi connectivity index (χ1v) is 6.43. The lowest BCUT2D eigenvalue weighted by Crippen LogP contribution is -2.37. The Bertz CT molecular complexity index is 675. The molecule has 1 amide bonds. The van der Waals surface area contributed by atoms with Gasteiger partial charge in [-0.25, -0.2) is 0 Å². The van der Waals surface area contributed by atoms with Gasteiger partial charge in [-0.2, -0.15) is 5.26 Å². The van der Waals surface area contributed by atoms with Crippen LogP contribution in [0.1, 0.15) is 11.1 Å². The Hall–Kier alpha value is -2.84. The van der Waals surface area contributed by atoms with Crippen molar-refractivity contribution in [2.75, 3.05) is 5.32 Å². The van der Waals surface area contributed by atoms with Crippen molar-refractivity contribution >= 4 is 11.6 Å². The molecule has 5 nitrogen and oxygen atoms in total. The largest absolute Gasteiger partial charge is 0.508 e. The average Bonchev–Trinajstić information content (AvgIpc) is 2.49. The molecule has 0 aliphatic carbocycles. The van der Waals surface area contributed by atoms with E-state index in [1.165, 1.54) is 0 Å². The van der Waals surface area contributed by atoms with Gasteiger partial charge in [0.05, 0.1) is 17.7 Å². The van der Waals surface area contributed by atoms with Crippen LogP contribution in [0.3, 0.4) is 0 Å². The van der Waals surface area contributed by atoms with Crippen LogP contribution in [0.25, 0.3) is 0 Å². The maximum absolute atomic E-state index is 12.0. The molecule has 21 heavy (non-hydrogen) atoms. The van der Waals surface area contributed by atoms with Gasteiger partial charge in [0.15, 0.2) is 0 Å². The molecule has 0 aromatic heterocycles. The highest BCUT2D eigenvalue weighted by atomic mass is 16.3. The van der Waals surface area contributed by atoms with Crippen LogP contribution in [-0.2, 0) is 11.2 Å². The van der Waals surface area contributed by atoms with Crippen LogP contribution in [0.5, 0.6) is 5.75 Å². The number of nitriles is 1. The number of aromatic hydroxyl groups is 1. The molecular formula is C16H15N3O2. The number of hydrogen-bond donors (Lipinski definition) is 3. The number of nitrogens with zero attached hydrogens (tertiary/aromatic N) is 1. The molecule has 4 N–H and O–H groups in total. The lowest BCUT2D eigenvalue weighted by molar-refractivity contribution is -0.117. The fourth-order valence-corrected chi connectivity index (χ4v) is 1.88. The van der Waals surface area contributed by atoms with Crippen molar-refractivity contribution < 1.29 is 9.90 Å². The summed E-state index contributed by atoms with van der Waals surface area (Å²) in [7, 11) is 0. The van der Waals surface area contributed by atoms with Gasteiger partial charge in [-0.15, -0.1) is 0 Å². The standard InChI is InChI=1S/C16H15N3O2/c17-10-12-2-1-3-13(8-12)19-16(21)15(18)9-11-4-6-14(20)7-5-11/h1-8,15,20H,9,18H2,(H,19,21)/t15-/m0/s1. The second kappa shape index (κ2) is 6.55. The number of phenolic OH excluding ortho intramolecular Hbond substituents is 1. The third-order valence-electron chi connectivity index (χ3n) is 2.99. The van der Waals surface area contributed by atoms with E-state index < -0.39 is 6.04 Å². The van der Waals surface area contributed by atoms with Crippen molar-refractivity contribution in [3.8, 4) is 11.8 Å². The third-order valence-corrected chi connectivity index (χ3v) is 2.99. The quantitative estimate of drug-likeness (QED) is 0.795. The lowest BCUT2D eigenvalue weighted by atomic mass is 10.1. The maximum atomic E-state index is 12.0. The van der Waals surface area contributed by atoms with Crippen LogP contribution in [0.2, 0.25) is 0 Å². The predicted octanol–water partition coefficient (Wildman–Crippen LogP) is 1.77. The Balaban J connectivity index is 1.99. The molecule has 1 atom stereocenters. The smallest absolute Gasteiger partial charge is 0.241 e. The van der Waals surface area contributed by atoms with Gasteiger partial charge < -0.3 is 16.2 Å². The fraction of sp³-hybridized carbons (Fsp3) is 0.125. The van der Waals surface area contributed by atoms with Gasteiger partial charge in [0.25, 0.3) is 0 Å². The lowest BCUT2D eigenvalue weighted by Gasteiger charge is -2.12. The highest BCUT2D eigenvalue weighted by Gasteiger charge is 2.14.